The van der Waals surface area contributed by atoms with Gasteiger partial charge in [-0.2, -0.15) is 0 Å². The highest BCUT2D eigenvalue weighted by Gasteiger charge is 2.10. The number of aryl methyl sites for hydroxylation is 1. The number of rotatable bonds is 5. The van der Waals surface area contributed by atoms with Gasteiger partial charge in [0.15, 0.2) is 0 Å². The molecule has 1 aromatic heterocycles. The zero-order valence-electron chi connectivity index (χ0n) is 8.27. The van der Waals surface area contributed by atoms with Gasteiger partial charge in [-0.1, -0.05) is 0 Å². The number of hydrogen-bond donors (Lipinski definition) is 0. The first-order valence-corrected chi connectivity index (χ1v) is 4.24. The van der Waals surface area contributed by atoms with Crippen molar-refractivity contribution in [2.24, 2.45) is 0 Å². The summed E-state index contributed by atoms with van der Waals surface area (Å²) in [5.74, 6) is -0.430. The molecule has 0 bridgehead atoms. The maximum absolute atomic E-state index is 11.0. The lowest BCUT2D eigenvalue weighted by molar-refractivity contribution is 0.0586. The highest BCUT2D eigenvalue weighted by Crippen LogP contribution is 1.94. The molecular weight excluding hydrogens is 186 g/mol. The Balaban J connectivity index is 2.46. The van der Waals surface area contributed by atoms with Gasteiger partial charge in [-0.15, -0.1) is 5.10 Å². The van der Waals surface area contributed by atoms with Crippen LogP contribution in [0.25, 0.3) is 0 Å². The van der Waals surface area contributed by atoms with Gasteiger partial charge in [0, 0.05) is 20.3 Å². The Morgan fingerprint density at radius 1 is 1.57 bits per heavy atom. The molecule has 0 aliphatic carbocycles. The van der Waals surface area contributed by atoms with Crippen LogP contribution in [0.2, 0.25) is 0 Å². The molecule has 0 amide bonds. The summed E-state index contributed by atoms with van der Waals surface area (Å²) in [6.07, 6.45) is 2.34. The van der Waals surface area contributed by atoms with Gasteiger partial charge in [0.2, 0.25) is 0 Å². The summed E-state index contributed by atoms with van der Waals surface area (Å²) in [5, 5.41) is 3.93. The average Bonchev–Trinajstić information content (AvgIpc) is 2.66. The first-order chi connectivity index (χ1) is 6.77. The molecule has 78 valence electrons. The molecule has 0 aliphatic heterocycles. The molecule has 1 heterocycles. The lowest BCUT2D eigenvalue weighted by Gasteiger charge is -1.98. The van der Waals surface area contributed by atoms with Crippen LogP contribution in [0.1, 0.15) is 17.0 Å². The Bertz CT molecular complexity index is 298. The summed E-state index contributed by atoms with van der Waals surface area (Å²) >= 11 is 0. The van der Waals surface area contributed by atoms with Crippen molar-refractivity contribution < 1.29 is 14.3 Å². The summed E-state index contributed by atoms with van der Waals surface area (Å²) in [7, 11) is 2.94. The molecule has 0 spiro atoms. The van der Waals surface area contributed by atoms with Gasteiger partial charge in [-0.3, -0.25) is 4.68 Å². The lowest BCUT2D eigenvalue weighted by Crippen LogP contribution is -2.06. The lowest BCUT2D eigenvalue weighted by atomic mass is 10.5. The minimum absolute atomic E-state index is 0.0879. The predicted octanol–water partition coefficient (Wildman–Crippen LogP) is 0.101. The van der Waals surface area contributed by atoms with Crippen molar-refractivity contribution in [3.8, 4) is 0 Å². The van der Waals surface area contributed by atoms with E-state index in [1.807, 2.05) is 0 Å². The van der Waals surface area contributed by atoms with Crippen molar-refractivity contribution in [3.05, 3.63) is 12.2 Å². The Hall–Kier alpha value is -1.43. The molecule has 6 heteroatoms. The van der Waals surface area contributed by atoms with Gasteiger partial charge in [0.05, 0.1) is 7.11 Å². The number of nitrogens with zero attached hydrogens (tertiary/aromatic N) is 3. The van der Waals surface area contributed by atoms with E-state index >= 15 is 0 Å². The van der Waals surface area contributed by atoms with Crippen LogP contribution in [-0.4, -0.2) is 41.6 Å². The minimum Gasteiger partial charge on any atom is -0.463 e. The van der Waals surface area contributed by atoms with Gasteiger partial charge < -0.3 is 9.47 Å². The van der Waals surface area contributed by atoms with Gasteiger partial charge in [-0.05, 0) is 6.42 Å². The molecular formula is C8H13N3O3. The number of carbonyl (C=O) groups is 1. The second kappa shape index (κ2) is 5.33. The third kappa shape index (κ3) is 2.81. The summed E-state index contributed by atoms with van der Waals surface area (Å²) < 4.78 is 10.9. The molecule has 14 heavy (non-hydrogen) atoms. The van der Waals surface area contributed by atoms with Crippen molar-refractivity contribution in [3.63, 3.8) is 0 Å². The zero-order chi connectivity index (χ0) is 10.4. The van der Waals surface area contributed by atoms with Gasteiger partial charge in [0.25, 0.3) is 5.82 Å². The van der Waals surface area contributed by atoms with Gasteiger partial charge in [-0.25, -0.2) is 9.78 Å². The van der Waals surface area contributed by atoms with E-state index in [9.17, 15) is 4.79 Å². The van der Waals surface area contributed by atoms with Crippen LogP contribution in [0.4, 0.5) is 0 Å². The van der Waals surface area contributed by atoms with E-state index in [0.717, 1.165) is 6.42 Å². The molecule has 0 aliphatic rings. The molecule has 0 atom stereocenters. The van der Waals surface area contributed by atoms with E-state index in [-0.39, 0.29) is 5.82 Å². The van der Waals surface area contributed by atoms with Crippen molar-refractivity contribution >= 4 is 5.97 Å². The van der Waals surface area contributed by atoms with Crippen LogP contribution in [0, 0.1) is 0 Å². The monoisotopic (exact) mass is 199 g/mol. The van der Waals surface area contributed by atoms with E-state index in [1.165, 1.54) is 13.4 Å². The van der Waals surface area contributed by atoms with E-state index < -0.39 is 5.97 Å². The zero-order valence-corrected chi connectivity index (χ0v) is 8.27. The third-order valence-electron chi connectivity index (χ3n) is 1.64. The molecule has 0 saturated carbocycles. The molecule has 6 nitrogen and oxygen atoms in total. The highest BCUT2D eigenvalue weighted by atomic mass is 16.5. The van der Waals surface area contributed by atoms with E-state index in [0.29, 0.717) is 13.2 Å². The summed E-state index contributed by atoms with van der Waals surface area (Å²) in [6, 6.07) is 0. The van der Waals surface area contributed by atoms with E-state index in [2.05, 4.69) is 14.8 Å². The van der Waals surface area contributed by atoms with Crippen LogP contribution in [0.5, 0.6) is 0 Å². The van der Waals surface area contributed by atoms with Crippen LogP contribution in [0.3, 0.4) is 0 Å². The van der Waals surface area contributed by atoms with Crippen molar-refractivity contribution in [1.29, 1.82) is 0 Å². The fraction of sp³-hybridized carbons (Fsp3) is 0.625. The van der Waals surface area contributed by atoms with Crippen LogP contribution in [-0.2, 0) is 16.0 Å². The highest BCUT2D eigenvalue weighted by molar-refractivity contribution is 5.84. The van der Waals surface area contributed by atoms with Crippen molar-refractivity contribution in [1.82, 2.24) is 14.8 Å². The number of ether oxygens (including phenoxy) is 2. The fourth-order valence-corrected chi connectivity index (χ4v) is 0.958. The van der Waals surface area contributed by atoms with Crippen molar-refractivity contribution in [2.45, 2.75) is 13.0 Å². The molecule has 1 rings (SSSR count). The van der Waals surface area contributed by atoms with Gasteiger partial charge in [0.1, 0.15) is 6.33 Å². The first-order valence-electron chi connectivity index (χ1n) is 4.24. The summed E-state index contributed by atoms with van der Waals surface area (Å²) in [6.45, 7) is 1.34. The number of carbonyl (C=O) groups excluding carboxylic acids is 1. The Kier molecular flexibility index (Phi) is 4.06. The smallest absolute Gasteiger partial charge is 0.377 e. The molecule has 0 N–H and O–H groups in total. The quantitative estimate of drug-likeness (QED) is 0.497. The molecule has 0 aromatic carbocycles. The Labute approximate surface area is 81.8 Å². The third-order valence-corrected chi connectivity index (χ3v) is 1.64. The number of hydrogen-bond acceptors (Lipinski definition) is 5. The molecule has 1 aromatic rings. The molecule has 0 radical (unpaired) electrons. The average molecular weight is 199 g/mol. The van der Waals surface area contributed by atoms with Crippen LogP contribution < -0.4 is 0 Å². The van der Waals surface area contributed by atoms with Crippen LogP contribution >= 0.6 is 0 Å². The maximum Gasteiger partial charge on any atom is 0.377 e. The maximum atomic E-state index is 11.0. The topological polar surface area (TPSA) is 66.2 Å². The first kappa shape index (κ1) is 10.6. The number of esters is 1. The van der Waals surface area contributed by atoms with E-state index in [1.54, 1.807) is 11.8 Å². The standard InChI is InChI=1S/C8H13N3O3/c1-13-5-3-4-11-6-9-7(10-11)8(12)14-2/h6H,3-5H2,1-2H3. The van der Waals surface area contributed by atoms with Crippen molar-refractivity contribution in [2.75, 3.05) is 20.8 Å². The Morgan fingerprint density at radius 3 is 3.00 bits per heavy atom. The predicted molar refractivity (Wildman–Crippen MR) is 47.9 cm³/mol. The van der Waals surface area contributed by atoms with Gasteiger partial charge >= 0.3 is 5.97 Å². The summed E-state index contributed by atoms with van der Waals surface area (Å²) in [5.41, 5.74) is 0. The van der Waals surface area contributed by atoms with E-state index in [4.69, 9.17) is 4.74 Å². The Morgan fingerprint density at radius 2 is 2.36 bits per heavy atom. The fourth-order valence-electron chi connectivity index (χ4n) is 0.958. The SMILES string of the molecule is COCCCn1cnc(C(=O)OC)n1. The normalized spacial score (nSPS) is 10.1. The molecule has 0 saturated heterocycles. The molecule has 0 fully saturated rings. The number of methoxy groups -OCH3 is 2. The minimum atomic E-state index is -0.518. The second-order valence-corrected chi connectivity index (χ2v) is 2.67. The second-order valence-electron chi connectivity index (χ2n) is 2.67. The largest absolute Gasteiger partial charge is 0.463 e. The number of aromatic nitrogens is 3. The summed E-state index contributed by atoms with van der Waals surface area (Å²) in [4.78, 5) is 14.8. The molecule has 0 unspecified atom stereocenters. The van der Waals surface area contributed by atoms with Crippen LogP contribution in [0.15, 0.2) is 6.33 Å².